The zero-order chi connectivity index (χ0) is 20.6. The van der Waals surface area contributed by atoms with Crippen LogP contribution in [0.15, 0.2) is 36.5 Å². The quantitative estimate of drug-likeness (QED) is 0.678. The van der Waals surface area contributed by atoms with Crippen LogP contribution in [0.25, 0.3) is 0 Å². The van der Waals surface area contributed by atoms with E-state index < -0.39 is 5.97 Å². The minimum atomic E-state index is -0.455. The number of hydrogen-bond acceptors (Lipinski definition) is 8. The molecule has 154 valence electrons. The molecule has 0 radical (unpaired) electrons. The largest absolute Gasteiger partial charge is 0.495 e. The van der Waals surface area contributed by atoms with Gasteiger partial charge in [0.25, 0.3) is 0 Å². The molecule has 0 saturated carbocycles. The third kappa shape index (κ3) is 5.34. The number of aromatic nitrogens is 2. The monoisotopic (exact) mass is 399 g/mol. The highest BCUT2D eigenvalue weighted by Gasteiger charge is 2.26. The molecule has 1 aromatic heterocycles. The molecule has 1 aliphatic heterocycles. The summed E-state index contributed by atoms with van der Waals surface area (Å²) in [7, 11) is 2.92. The Morgan fingerprint density at radius 2 is 1.93 bits per heavy atom. The number of carbonyl (C=O) groups excluding carboxylic acids is 2. The highest BCUT2D eigenvalue weighted by molar-refractivity contribution is 5.83. The number of nitrogens with zero attached hydrogens (tertiary/aromatic N) is 3. The average Bonchev–Trinajstić information content (AvgIpc) is 2.78. The van der Waals surface area contributed by atoms with Crippen molar-refractivity contribution in [3.8, 4) is 5.75 Å². The summed E-state index contributed by atoms with van der Waals surface area (Å²) in [5.41, 5.74) is 0.820. The molecular formula is C20H25N5O4. The van der Waals surface area contributed by atoms with Gasteiger partial charge in [-0.05, 0) is 31.0 Å². The lowest BCUT2D eigenvalue weighted by molar-refractivity contribution is -0.141. The SMILES string of the molecule is COC(=O)CNC(=O)C1CCN(c2nccc(Nc3ccccc3OC)n2)CC1. The van der Waals surface area contributed by atoms with E-state index in [0.29, 0.717) is 37.7 Å². The second kappa shape index (κ2) is 9.72. The van der Waals surface area contributed by atoms with Crippen molar-refractivity contribution in [1.29, 1.82) is 0 Å². The molecule has 2 heterocycles. The van der Waals surface area contributed by atoms with Crippen molar-refractivity contribution in [1.82, 2.24) is 15.3 Å². The molecular weight excluding hydrogens is 374 g/mol. The number of benzene rings is 1. The molecule has 0 spiro atoms. The van der Waals surface area contributed by atoms with Gasteiger partial charge in [0.2, 0.25) is 11.9 Å². The van der Waals surface area contributed by atoms with E-state index in [1.165, 1.54) is 7.11 Å². The maximum atomic E-state index is 12.2. The predicted molar refractivity (Wildman–Crippen MR) is 108 cm³/mol. The molecule has 1 saturated heterocycles. The number of anilines is 3. The summed E-state index contributed by atoms with van der Waals surface area (Å²) in [5, 5.41) is 5.87. The Kier molecular flexibility index (Phi) is 6.83. The molecule has 1 aromatic carbocycles. The third-order valence-electron chi connectivity index (χ3n) is 4.80. The summed E-state index contributed by atoms with van der Waals surface area (Å²) in [4.78, 5) is 34.4. The van der Waals surface area contributed by atoms with Gasteiger partial charge in [-0.3, -0.25) is 9.59 Å². The molecule has 0 atom stereocenters. The van der Waals surface area contributed by atoms with Crippen LogP contribution in [0.5, 0.6) is 5.75 Å². The van der Waals surface area contributed by atoms with Crippen LogP contribution in [0.4, 0.5) is 17.5 Å². The van der Waals surface area contributed by atoms with Crippen LogP contribution < -0.4 is 20.3 Å². The number of nitrogens with one attached hydrogen (secondary N) is 2. The zero-order valence-corrected chi connectivity index (χ0v) is 16.6. The second-order valence-corrected chi connectivity index (χ2v) is 6.62. The van der Waals surface area contributed by atoms with E-state index in [0.717, 1.165) is 11.4 Å². The predicted octanol–water partition coefficient (Wildman–Crippen LogP) is 1.73. The lowest BCUT2D eigenvalue weighted by Gasteiger charge is -2.31. The molecule has 0 unspecified atom stereocenters. The zero-order valence-electron chi connectivity index (χ0n) is 16.6. The van der Waals surface area contributed by atoms with Crippen LogP contribution in [-0.4, -0.2) is 55.7 Å². The van der Waals surface area contributed by atoms with Crippen LogP contribution in [0, 0.1) is 5.92 Å². The van der Waals surface area contributed by atoms with Gasteiger partial charge in [-0.15, -0.1) is 0 Å². The molecule has 3 rings (SSSR count). The van der Waals surface area contributed by atoms with Crippen molar-refractivity contribution in [2.24, 2.45) is 5.92 Å². The normalized spacial score (nSPS) is 14.2. The molecule has 2 aromatic rings. The number of esters is 1. The molecule has 1 amide bonds. The van der Waals surface area contributed by atoms with E-state index in [2.05, 4.69) is 30.2 Å². The maximum Gasteiger partial charge on any atom is 0.325 e. The molecule has 0 aliphatic carbocycles. The van der Waals surface area contributed by atoms with Crippen molar-refractivity contribution in [2.75, 3.05) is 44.1 Å². The van der Waals surface area contributed by atoms with Crippen molar-refractivity contribution in [3.63, 3.8) is 0 Å². The van der Waals surface area contributed by atoms with Crippen molar-refractivity contribution >= 4 is 29.3 Å². The number of piperidine rings is 1. The van der Waals surface area contributed by atoms with Gasteiger partial charge in [0.15, 0.2) is 0 Å². The Morgan fingerprint density at radius 3 is 2.66 bits per heavy atom. The Morgan fingerprint density at radius 1 is 1.17 bits per heavy atom. The number of rotatable bonds is 7. The van der Waals surface area contributed by atoms with Gasteiger partial charge in [0.1, 0.15) is 18.1 Å². The fourth-order valence-corrected chi connectivity index (χ4v) is 3.17. The molecule has 9 nitrogen and oxygen atoms in total. The second-order valence-electron chi connectivity index (χ2n) is 6.62. The van der Waals surface area contributed by atoms with E-state index in [9.17, 15) is 9.59 Å². The molecule has 1 fully saturated rings. The van der Waals surface area contributed by atoms with Gasteiger partial charge in [0.05, 0.1) is 19.9 Å². The van der Waals surface area contributed by atoms with Crippen LogP contribution in [0.3, 0.4) is 0 Å². The van der Waals surface area contributed by atoms with Crippen LogP contribution in [0.2, 0.25) is 0 Å². The first kappa shape index (κ1) is 20.4. The van der Waals surface area contributed by atoms with E-state index in [1.54, 1.807) is 19.4 Å². The lowest BCUT2D eigenvalue weighted by Crippen LogP contribution is -2.42. The smallest absolute Gasteiger partial charge is 0.325 e. The number of carbonyl (C=O) groups is 2. The molecule has 2 N–H and O–H groups in total. The number of para-hydroxylation sites is 2. The number of amides is 1. The fraction of sp³-hybridized carbons (Fsp3) is 0.400. The van der Waals surface area contributed by atoms with Crippen molar-refractivity contribution in [2.45, 2.75) is 12.8 Å². The van der Waals surface area contributed by atoms with Gasteiger partial charge in [-0.25, -0.2) is 4.98 Å². The van der Waals surface area contributed by atoms with Crippen LogP contribution >= 0.6 is 0 Å². The Hall–Kier alpha value is -3.36. The third-order valence-corrected chi connectivity index (χ3v) is 4.80. The molecule has 29 heavy (non-hydrogen) atoms. The Labute approximate surface area is 169 Å². The summed E-state index contributed by atoms with van der Waals surface area (Å²) in [6, 6.07) is 9.41. The summed E-state index contributed by atoms with van der Waals surface area (Å²) in [5.74, 6) is 1.29. The van der Waals surface area contributed by atoms with Gasteiger partial charge < -0.3 is 25.0 Å². The maximum absolute atomic E-state index is 12.2. The molecule has 1 aliphatic rings. The Balaban J connectivity index is 1.58. The minimum Gasteiger partial charge on any atom is -0.495 e. The summed E-state index contributed by atoms with van der Waals surface area (Å²) >= 11 is 0. The molecule has 9 heteroatoms. The van der Waals surface area contributed by atoms with Gasteiger partial charge in [-0.2, -0.15) is 4.98 Å². The van der Waals surface area contributed by atoms with Gasteiger partial charge in [0, 0.05) is 25.2 Å². The van der Waals surface area contributed by atoms with Crippen molar-refractivity contribution < 1.29 is 19.1 Å². The van der Waals surface area contributed by atoms with Crippen molar-refractivity contribution in [3.05, 3.63) is 36.5 Å². The van der Waals surface area contributed by atoms with E-state index >= 15 is 0 Å². The van der Waals surface area contributed by atoms with E-state index in [4.69, 9.17) is 4.74 Å². The van der Waals surface area contributed by atoms with E-state index in [1.807, 2.05) is 24.3 Å². The Bertz CT molecular complexity index is 852. The minimum absolute atomic E-state index is 0.102. The highest BCUT2D eigenvalue weighted by atomic mass is 16.5. The van der Waals surface area contributed by atoms with Gasteiger partial charge in [-0.1, -0.05) is 12.1 Å². The summed E-state index contributed by atoms with van der Waals surface area (Å²) in [6.45, 7) is 1.22. The first-order valence-corrected chi connectivity index (χ1v) is 9.43. The summed E-state index contributed by atoms with van der Waals surface area (Å²) in [6.07, 6.45) is 3.04. The number of methoxy groups -OCH3 is 2. The average molecular weight is 399 g/mol. The standard InChI is InChI=1S/C20H25N5O4/c1-28-16-6-4-3-5-15(16)23-17-7-10-21-20(24-17)25-11-8-14(9-12-25)19(27)22-13-18(26)29-2/h3-7,10,14H,8-9,11-13H2,1-2H3,(H,22,27)(H,21,23,24). The number of ether oxygens (including phenoxy) is 2. The fourth-order valence-electron chi connectivity index (χ4n) is 3.17. The van der Waals surface area contributed by atoms with Gasteiger partial charge >= 0.3 is 5.97 Å². The van der Waals surface area contributed by atoms with E-state index in [-0.39, 0.29) is 18.4 Å². The number of hydrogen-bond donors (Lipinski definition) is 2. The molecule has 0 bridgehead atoms. The van der Waals surface area contributed by atoms with Crippen LogP contribution in [0.1, 0.15) is 12.8 Å². The first-order chi connectivity index (χ1) is 14.1. The first-order valence-electron chi connectivity index (χ1n) is 9.43. The highest BCUT2D eigenvalue weighted by Crippen LogP contribution is 2.27. The van der Waals surface area contributed by atoms with Crippen LogP contribution in [-0.2, 0) is 14.3 Å². The lowest BCUT2D eigenvalue weighted by atomic mass is 9.96. The topological polar surface area (TPSA) is 106 Å². The summed E-state index contributed by atoms with van der Waals surface area (Å²) < 4.78 is 9.90.